The summed E-state index contributed by atoms with van der Waals surface area (Å²) in [6.07, 6.45) is 9.38. The van der Waals surface area contributed by atoms with E-state index in [2.05, 4.69) is 4.90 Å². The van der Waals surface area contributed by atoms with Crippen LogP contribution < -0.4 is 0 Å². The van der Waals surface area contributed by atoms with E-state index in [9.17, 15) is 9.59 Å². The number of piperidine rings is 1. The van der Waals surface area contributed by atoms with Gasteiger partial charge in [0.1, 0.15) is 0 Å². The highest BCUT2D eigenvalue weighted by Crippen LogP contribution is 2.24. The number of rotatable bonds is 8. The molecule has 1 saturated carbocycles. The second kappa shape index (κ2) is 10.7. The number of carbonyl (C=O) groups excluding carboxylic acids is 2. The molecule has 138 valence electrons. The second-order valence-electron chi connectivity index (χ2n) is 7.08. The van der Waals surface area contributed by atoms with Crippen LogP contribution in [0.15, 0.2) is 0 Å². The zero-order chi connectivity index (χ0) is 17.2. The molecule has 1 aliphatic heterocycles. The van der Waals surface area contributed by atoms with Gasteiger partial charge in [0, 0.05) is 0 Å². The summed E-state index contributed by atoms with van der Waals surface area (Å²) in [5, 5.41) is 0. The summed E-state index contributed by atoms with van der Waals surface area (Å²) < 4.78 is 10.5. The summed E-state index contributed by atoms with van der Waals surface area (Å²) in [5.74, 6) is 0.218. The summed E-state index contributed by atoms with van der Waals surface area (Å²) >= 11 is 0. The molecule has 5 heteroatoms. The molecule has 0 amide bonds. The van der Waals surface area contributed by atoms with Crippen LogP contribution in [0.25, 0.3) is 0 Å². The van der Waals surface area contributed by atoms with Crippen molar-refractivity contribution in [3.05, 3.63) is 0 Å². The maximum atomic E-state index is 11.9. The maximum Gasteiger partial charge on any atom is 0.309 e. The molecule has 0 spiro atoms. The van der Waals surface area contributed by atoms with Crippen molar-refractivity contribution in [3.63, 3.8) is 0 Å². The van der Waals surface area contributed by atoms with E-state index in [1.807, 2.05) is 6.92 Å². The van der Waals surface area contributed by atoms with Gasteiger partial charge in [-0.05, 0) is 65.1 Å². The van der Waals surface area contributed by atoms with E-state index < -0.39 is 0 Å². The van der Waals surface area contributed by atoms with E-state index in [0.29, 0.717) is 13.2 Å². The van der Waals surface area contributed by atoms with E-state index in [4.69, 9.17) is 9.47 Å². The monoisotopic (exact) mass is 339 g/mol. The van der Waals surface area contributed by atoms with Gasteiger partial charge in [-0.15, -0.1) is 0 Å². The number of unbranched alkanes of at least 4 members (excludes halogenated alkanes) is 1. The van der Waals surface area contributed by atoms with E-state index in [-0.39, 0.29) is 23.8 Å². The number of esters is 2. The van der Waals surface area contributed by atoms with Gasteiger partial charge in [0.2, 0.25) is 0 Å². The Bertz CT molecular complexity index is 385. The zero-order valence-corrected chi connectivity index (χ0v) is 15.1. The van der Waals surface area contributed by atoms with Gasteiger partial charge >= 0.3 is 11.9 Å². The molecule has 24 heavy (non-hydrogen) atoms. The maximum absolute atomic E-state index is 11.9. The minimum Gasteiger partial charge on any atom is -0.466 e. The van der Waals surface area contributed by atoms with Gasteiger partial charge in [-0.2, -0.15) is 0 Å². The van der Waals surface area contributed by atoms with E-state index in [1.165, 1.54) is 19.3 Å². The first-order valence-corrected chi connectivity index (χ1v) is 9.76. The van der Waals surface area contributed by atoms with Crippen molar-refractivity contribution in [2.75, 3.05) is 32.8 Å². The van der Waals surface area contributed by atoms with Crippen LogP contribution in [0.3, 0.4) is 0 Å². The van der Waals surface area contributed by atoms with Gasteiger partial charge in [-0.25, -0.2) is 0 Å². The molecule has 1 heterocycles. The molecule has 2 aliphatic rings. The van der Waals surface area contributed by atoms with Crippen molar-refractivity contribution in [2.24, 2.45) is 11.8 Å². The SMILES string of the molecule is CCOC(=O)C1CCN(CCCCOC(=O)C2CCCCC2)CC1. The van der Waals surface area contributed by atoms with E-state index in [1.54, 1.807) is 0 Å². The lowest BCUT2D eigenvalue weighted by Gasteiger charge is -2.30. The summed E-state index contributed by atoms with van der Waals surface area (Å²) in [7, 11) is 0. The van der Waals surface area contributed by atoms with E-state index >= 15 is 0 Å². The average Bonchev–Trinajstić information content (AvgIpc) is 2.62. The van der Waals surface area contributed by atoms with Crippen LogP contribution >= 0.6 is 0 Å². The van der Waals surface area contributed by atoms with Gasteiger partial charge in [-0.3, -0.25) is 9.59 Å². The first-order valence-electron chi connectivity index (χ1n) is 9.76. The van der Waals surface area contributed by atoms with Gasteiger partial charge in [0.25, 0.3) is 0 Å². The Labute approximate surface area is 146 Å². The number of likely N-dealkylation sites (tertiary alicyclic amines) is 1. The van der Waals surface area contributed by atoms with Crippen molar-refractivity contribution in [1.29, 1.82) is 0 Å². The molecular weight excluding hydrogens is 306 g/mol. The van der Waals surface area contributed by atoms with Crippen LogP contribution in [-0.2, 0) is 19.1 Å². The van der Waals surface area contributed by atoms with Crippen molar-refractivity contribution in [3.8, 4) is 0 Å². The predicted octanol–water partition coefficient (Wildman–Crippen LogP) is 3.17. The molecule has 0 N–H and O–H groups in total. The summed E-state index contributed by atoms with van der Waals surface area (Å²) in [5.41, 5.74) is 0. The predicted molar refractivity (Wildman–Crippen MR) is 92.6 cm³/mol. The first kappa shape index (κ1) is 19.2. The third-order valence-electron chi connectivity index (χ3n) is 5.26. The molecule has 2 rings (SSSR count). The number of ether oxygens (including phenoxy) is 2. The Kier molecular flexibility index (Phi) is 8.57. The molecule has 0 atom stereocenters. The normalized spacial score (nSPS) is 20.7. The molecule has 0 unspecified atom stereocenters. The third-order valence-corrected chi connectivity index (χ3v) is 5.26. The summed E-state index contributed by atoms with van der Waals surface area (Å²) in [4.78, 5) is 26.1. The zero-order valence-electron chi connectivity index (χ0n) is 15.1. The van der Waals surface area contributed by atoms with Gasteiger partial charge < -0.3 is 14.4 Å². The number of hydrogen-bond acceptors (Lipinski definition) is 5. The molecule has 0 radical (unpaired) electrons. The molecule has 1 saturated heterocycles. The largest absolute Gasteiger partial charge is 0.466 e. The van der Waals surface area contributed by atoms with Crippen LogP contribution in [-0.4, -0.2) is 49.7 Å². The lowest BCUT2D eigenvalue weighted by Crippen LogP contribution is -2.37. The fourth-order valence-electron chi connectivity index (χ4n) is 3.72. The third kappa shape index (κ3) is 6.42. The lowest BCUT2D eigenvalue weighted by molar-refractivity contribution is -0.150. The molecule has 0 aromatic rings. The van der Waals surface area contributed by atoms with Crippen molar-refractivity contribution in [2.45, 2.75) is 64.7 Å². The highest BCUT2D eigenvalue weighted by Gasteiger charge is 2.25. The molecular formula is C19H33NO4. The standard InChI is InChI=1S/C19H33NO4/c1-2-23-18(21)17-10-13-20(14-11-17)12-6-7-15-24-19(22)16-8-4-3-5-9-16/h16-17H,2-15H2,1H3. The molecule has 2 fully saturated rings. The topological polar surface area (TPSA) is 55.8 Å². The smallest absolute Gasteiger partial charge is 0.309 e. The van der Waals surface area contributed by atoms with Crippen molar-refractivity contribution < 1.29 is 19.1 Å². The Balaban J connectivity index is 1.49. The van der Waals surface area contributed by atoms with Crippen LogP contribution in [0.2, 0.25) is 0 Å². The number of nitrogens with zero attached hydrogens (tertiary/aromatic N) is 1. The molecule has 0 aromatic carbocycles. The Morgan fingerprint density at radius 3 is 2.17 bits per heavy atom. The quantitative estimate of drug-likeness (QED) is 0.502. The molecule has 0 aromatic heterocycles. The van der Waals surface area contributed by atoms with E-state index in [0.717, 1.165) is 58.2 Å². The minimum absolute atomic E-state index is 0.0185. The Morgan fingerprint density at radius 2 is 1.50 bits per heavy atom. The first-order chi connectivity index (χ1) is 11.7. The second-order valence-corrected chi connectivity index (χ2v) is 7.08. The van der Waals surface area contributed by atoms with Gasteiger partial charge in [0.05, 0.1) is 25.0 Å². The van der Waals surface area contributed by atoms with Gasteiger partial charge in [-0.1, -0.05) is 19.3 Å². The van der Waals surface area contributed by atoms with Crippen LogP contribution in [0, 0.1) is 11.8 Å². The van der Waals surface area contributed by atoms with Crippen LogP contribution in [0.5, 0.6) is 0 Å². The average molecular weight is 339 g/mol. The molecule has 5 nitrogen and oxygen atoms in total. The number of hydrogen-bond donors (Lipinski definition) is 0. The molecule has 1 aliphatic carbocycles. The number of carbonyl (C=O) groups is 2. The van der Waals surface area contributed by atoms with Gasteiger partial charge in [0.15, 0.2) is 0 Å². The minimum atomic E-state index is -0.0354. The van der Waals surface area contributed by atoms with Crippen molar-refractivity contribution in [1.82, 2.24) is 4.90 Å². The molecule has 0 bridgehead atoms. The van der Waals surface area contributed by atoms with Crippen LogP contribution in [0.4, 0.5) is 0 Å². The summed E-state index contributed by atoms with van der Waals surface area (Å²) in [6.45, 7) is 5.83. The summed E-state index contributed by atoms with van der Waals surface area (Å²) in [6, 6.07) is 0. The highest BCUT2D eigenvalue weighted by molar-refractivity contribution is 5.72. The Hall–Kier alpha value is -1.10. The van der Waals surface area contributed by atoms with Crippen molar-refractivity contribution >= 4 is 11.9 Å². The highest BCUT2D eigenvalue weighted by atomic mass is 16.5. The fourth-order valence-corrected chi connectivity index (χ4v) is 3.72. The fraction of sp³-hybridized carbons (Fsp3) is 0.895. The Morgan fingerprint density at radius 1 is 0.875 bits per heavy atom. The van der Waals surface area contributed by atoms with Crippen LogP contribution in [0.1, 0.15) is 64.7 Å². The lowest BCUT2D eigenvalue weighted by atomic mass is 9.89.